The third kappa shape index (κ3) is 4.08. The fourth-order valence-corrected chi connectivity index (χ4v) is 3.59. The normalized spacial score (nSPS) is 23.8. The van der Waals surface area contributed by atoms with Crippen molar-refractivity contribution in [2.24, 2.45) is 5.92 Å². The fourth-order valence-electron chi connectivity index (χ4n) is 3.39. The molecule has 1 saturated carbocycles. The SMILES string of the molecule is CCNC(=O)CN1CCN(C(=O)C2CC2c2cccc(Cl)c2)CC1. The summed E-state index contributed by atoms with van der Waals surface area (Å²) in [5.41, 5.74) is 1.16. The topological polar surface area (TPSA) is 52.7 Å². The van der Waals surface area contributed by atoms with Crippen LogP contribution >= 0.6 is 11.6 Å². The Morgan fingerprint density at radius 1 is 1.25 bits per heavy atom. The maximum Gasteiger partial charge on any atom is 0.234 e. The summed E-state index contributed by atoms with van der Waals surface area (Å²) < 4.78 is 0. The van der Waals surface area contributed by atoms with E-state index < -0.39 is 0 Å². The van der Waals surface area contributed by atoms with Crippen LogP contribution in [0, 0.1) is 5.92 Å². The lowest BCUT2D eigenvalue weighted by Crippen LogP contribution is -2.51. The Hall–Kier alpha value is -1.59. The first-order chi connectivity index (χ1) is 11.6. The molecule has 5 nitrogen and oxygen atoms in total. The number of amides is 2. The summed E-state index contributed by atoms with van der Waals surface area (Å²) in [5.74, 6) is 0.709. The number of hydrogen-bond donors (Lipinski definition) is 1. The molecule has 1 heterocycles. The zero-order valence-electron chi connectivity index (χ0n) is 14.0. The number of likely N-dealkylation sites (N-methyl/N-ethyl adjacent to an activating group) is 1. The van der Waals surface area contributed by atoms with Crippen LogP contribution in [0.15, 0.2) is 24.3 Å². The van der Waals surface area contributed by atoms with Crippen LogP contribution in [0.25, 0.3) is 0 Å². The number of nitrogens with zero attached hydrogens (tertiary/aromatic N) is 2. The second-order valence-electron chi connectivity index (χ2n) is 6.56. The minimum Gasteiger partial charge on any atom is -0.355 e. The van der Waals surface area contributed by atoms with E-state index in [2.05, 4.69) is 10.2 Å². The Bertz CT molecular complexity index is 614. The summed E-state index contributed by atoms with van der Waals surface area (Å²) in [6.45, 7) is 5.93. The molecular weight excluding hydrogens is 326 g/mol. The van der Waals surface area contributed by atoms with Gasteiger partial charge in [-0.15, -0.1) is 0 Å². The highest BCUT2D eigenvalue weighted by atomic mass is 35.5. The molecule has 2 amide bonds. The maximum absolute atomic E-state index is 12.7. The molecule has 0 aromatic heterocycles. The van der Waals surface area contributed by atoms with Gasteiger partial charge in [0.05, 0.1) is 6.54 Å². The highest BCUT2D eigenvalue weighted by molar-refractivity contribution is 6.30. The predicted octanol–water partition coefficient (Wildman–Crippen LogP) is 1.72. The molecule has 6 heteroatoms. The standard InChI is InChI=1S/C18H24ClN3O2/c1-2-20-17(23)12-21-6-8-22(9-7-21)18(24)16-11-15(16)13-4-3-5-14(19)10-13/h3-5,10,15-16H,2,6-9,11-12H2,1H3,(H,20,23). The first-order valence-electron chi connectivity index (χ1n) is 8.61. The van der Waals surface area contributed by atoms with E-state index in [0.29, 0.717) is 32.1 Å². The molecule has 1 aliphatic heterocycles. The van der Waals surface area contributed by atoms with Crippen LogP contribution in [0.2, 0.25) is 5.02 Å². The summed E-state index contributed by atoms with van der Waals surface area (Å²) >= 11 is 6.04. The van der Waals surface area contributed by atoms with Crippen molar-refractivity contribution in [3.05, 3.63) is 34.9 Å². The van der Waals surface area contributed by atoms with Crippen LogP contribution in [-0.2, 0) is 9.59 Å². The average molecular weight is 350 g/mol. The van der Waals surface area contributed by atoms with Gasteiger partial charge < -0.3 is 10.2 Å². The number of hydrogen-bond acceptors (Lipinski definition) is 3. The molecule has 1 aromatic rings. The van der Waals surface area contributed by atoms with Crippen molar-refractivity contribution < 1.29 is 9.59 Å². The number of piperazine rings is 1. The highest BCUT2D eigenvalue weighted by Gasteiger charge is 2.46. The van der Waals surface area contributed by atoms with Gasteiger partial charge in [-0.05, 0) is 37.0 Å². The van der Waals surface area contributed by atoms with Crippen LogP contribution in [-0.4, -0.2) is 60.9 Å². The van der Waals surface area contributed by atoms with Gasteiger partial charge in [0.15, 0.2) is 0 Å². The molecular formula is C18H24ClN3O2. The van der Waals surface area contributed by atoms with Gasteiger partial charge in [-0.3, -0.25) is 14.5 Å². The minimum atomic E-state index is 0.0560. The summed E-state index contributed by atoms with van der Waals surface area (Å²) in [6, 6.07) is 7.81. The summed E-state index contributed by atoms with van der Waals surface area (Å²) in [7, 11) is 0. The lowest BCUT2D eigenvalue weighted by Gasteiger charge is -2.34. The lowest BCUT2D eigenvalue weighted by atomic mass is 10.1. The molecule has 0 spiro atoms. The van der Waals surface area contributed by atoms with Crippen molar-refractivity contribution >= 4 is 23.4 Å². The van der Waals surface area contributed by atoms with Crippen LogP contribution in [0.1, 0.15) is 24.8 Å². The third-order valence-electron chi connectivity index (χ3n) is 4.81. The van der Waals surface area contributed by atoms with E-state index in [4.69, 9.17) is 11.6 Å². The molecule has 24 heavy (non-hydrogen) atoms. The number of benzene rings is 1. The van der Waals surface area contributed by atoms with Crippen molar-refractivity contribution in [3.8, 4) is 0 Å². The van der Waals surface area contributed by atoms with E-state index in [1.807, 2.05) is 36.1 Å². The molecule has 130 valence electrons. The fraction of sp³-hybridized carbons (Fsp3) is 0.556. The van der Waals surface area contributed by atoms with Crippen LogP contribution in [0.4, 0.5) is 0 Å². The quantitative estimate of drug-likeness (QED) is 0.880. The van der Waals surface area contributed by atoms with Crippen LogP contribution < -0.4 is 5.32 Å². The van der Waals surface area contributed by atoms with E-state index in [-0.39, 0.29) is 17.7 Å². The lowest BCUT2D eigenvalue weighted by molar-refractivity contribution is -0.134. The predicted molar refractivity (Wildman–Crippen MR) is 94.0 cm³/mol. The smallest absolute Gasteiger partial charge is 0.234 e. The van der Waals surface area contributed by atoms with Gasteiger partial charge in [-0.25, -0.2) is 0 Å². The molecule has 1 aliphatic carbocycles. The van der Waals surface area contributed by atoms with E-state index >= 15 is 0 Å². The average Bonchev–Trinajstić information content (AvgIpc) is 3.36. The molecule has 0 bridgehead atoms. The van der Waals surface area contributed by atoms with Crippen molar-refractivity contribution in [1.82, 2.24) is 15.1 Å². The zero-order chi connectivity index (χ0) is 17.1. The Kier molecular flexibility index (Phi) is 5.41. The number of carbonyl (C=O) groups is 2. The van der Waals surface area contributed by atoms with Crippen LogP contribution in [0.3, 0.4) is 0 Å². The summed E-state index contributed by atoms with van der Waals surface area (Å²) in [6.07, 6.45) is 0.915. The number of nitrogens with one attached hydrogen (secondary N) is 1. The number of rotatable bonds is 5. The Morgan fingerprint density at radius 3 is 2.67 bits per heavy atom. The Balaban J connectivity index is 1.47. The number of carbonyl (C=O) groups excluding carboxylic acids is 2. The van der Waals surface area contributed by atoms with Crippen molar-refractivity contribution in [1.29, 1.82) is 0 Å². The van der Waals surface area contributed by atoms with Crippen LogP contribution in [0.5, 0.6) is 0 Å². The molecule has 1 aromatic carbocycles. The van der Waals surface area contributed by atoms with E-state index in [1.54, 1.807) is 0 Å². The minimum absolute atomic E-state index is 0.0560. The molecule has 2 atom stereocenters. The molecule has 1 N–H and O–H groups in total. The molecule has 1 saturated heterocycles. The van der Waals surface area contributed by atoms with Gasteiger partial charge in [0.25, 0.3) is 0 Å². The molecule has 0 radical (unpaired) electrons. The van der Waals surface area contributed by atoms with Gasteiger partial charge in [0, 0.05) is 43.7 Å². The van der Waals surface area contributed by atoms with Gasteiger partial charge in [0.1, 0.15) is 0 Å². The number of halogens is 1. The maximum atomic E-state index is 12.7. The van der Waals surface area contributed by atoms with Crippen molar-refractivity contribution in [2.45, 2.75) is 19.3 Å². The third-order valence-corrected chi connectivity index (χ3v) is 5.04. The Morgan fingerprint density at radius 2 is 2.00 bits per heavy atom. The first-order valence-corrected chi connectivity index (χ1v) is 8.99. The van der Waals surface area contributed by atoms with Gasteiger partial charge in [0.2, 0.25) is 11.8 Å². The molecule has 3 rings (SSSR count). The first kappa shape index (κ1) is 17.2. The van der Waals surface area contributed by atoms with Gasteiger partial charge in [-0.1, -0.05) is 23.7 Å². The highest BCUT2D eigenvalue weighted by Crippen LogP contribution is 2.48. The molecule has 2 unspecified atom stereocenters. The second kappa shape index (κ2) is 7.53. The van der Waals surface area contributed by atoms with Crippen molar-refractivity contribution in [2.75, 3.05) is 39.3 Å². The molecule has 2 aliphatic rings. The Labute approximate surface area is 147 Å². The van der Waals surface area contributed by atoms with Gasteiger partial charge in [-0.2, -0.15) is 0 Å². The second-order valence-corrected chi connectivity index (χ2v) is 7.00. The monoisotopic (exact) mass is 349 g/mol. The largest absolute Gasteiger partial charge is 0.355 e. The van der Waals surface area contributed by atoms with Gasteiger partial charge >= 0.3 is 0 Å². The summed E-state index contributed by atoms with van der Waals surface area (Å²) in [5, 5.41) is 3.54. The van der Waals surface area contributed by atoms with E-state index in [0.717, 1.165) is 30.1 Å². The summed E-state index contributed by atoms with van der Waals surface area (Å²) in [4.78, 5) is 28.3. The van der Waals surface area contributed by atoms with Crippen molar-refractivity contribution in [3.63, 3.8) is 0 Å². The van der Waals surface area contributed by atoms with E-state index in [1.165, 1.54) is 0 Å². The van der Waals surface area contributed by atoms with E-state index in [9.17, 15) is 9.59 Å². The zero-order valence-corrected chi connectivity index (χ0v) is 14.8. The molecule has 2 fully saturated rings.